The predicted molar refractivity (Wildman–Crippen MR) is 283 cm³/mol. The number of aryl methyl sites for hydroxylation is 2. The number of unbranched alkanes of at least 4 members (excludes halogenated alkanes) is 1. The molecular formula is C54H85IN6O12. The van der Waals surface area contributed by atoms with E-state index >= 15 is 0 Å². The Morgan fingerprint density at radius 3 is 2.30 bits per heavy atom. The van der Waals surface area contributed by atoms with Crippen LogP contribution in [0.15, 0.2) is 55.0 Å². The fourth-order valence-electron chi connectivity index (χ4n) is 11.1. The number of pyridine rings is 1. The summed E-state index contributed by atoms with van der Waals surface area (Å²) in [4.78, 5) is 22.6. The molecule has 18 atom stereocenters. The van der Waals surface area contributed by atoms with E-state index in [1.807, 2.05) is 85.5 Å². The molecule has 1 aromatic carbocycles. The average Bonchev–Trinajstić information content (AvgIpc) is 3.81. The van der Waals surface area contributed by atoms with Gasteiger partial charge in [-0.3, -0.25) is 14.5 Å². The van der Waals surface area contributed by atoms with Crippen molar-refractivity contribution in [2.24, 2.45) is 17.8 Å². The molecule has 3 aromatic rings. The number of cyclic esters (lactones) is 1. The zero-order valence-corrected chi connectivity index (χ0v) is 47.2. The van der Waals surface area contributed by atoms with Crippen LogP contribution < -0.4 is 0 Å². The normalized spacial score (nSPS) is 38.7. The number of rotatable bonds is 15. The van der Waals surface area contributed by atoms with Crippen LogP contribution in [0.2, 0.25) is 0 Å². The Morgan fingerprint density at radius 2 is 1.63 bits per heavy atom. The summed E-state index contributed by atoms with van der Waals surface area (Å²) in [6.07, 6.45) is 1.15. The number of hydrogen-bond donors (Lipinski definition) is 5. The van der Waals surface area contributed by atoms with Crippen molar-refractivity contribution >= 4 is 28.6 Å². The second-order valence-corrected chi connectivity index (χ2v) is 23.4. The maximum absolute atomic E-state index is 14.3. The molecule has 0 aliphatic carbocycles. The molecule has 5 N–H and O–H groups in total. The van der Waals surface area contributed by atoms with E-state index in [0.29, 0.717) is 25.9 Å². The van der Waals surface area contributed by atoms with Crippen molar-refractivity contribution in [3.63, 3.8) is 0 Å². The molecule has 0 spiro atoms. The topological polar surface area (TPSA) is 224 Å². The molecule has 18 nitrogen and oxygen atoms in total. The molecule has 2 aromatic heterocycles. The second kappa shape index (κ2) is 25.6. The Hall–Kier alpha value is -2.77. The highest BCUT2D eigenvalue weighted by molar-refractivity contribution is 14.1. The number of halogens is 1. The van der Waals surface area contributed by atoms with Gasteiger partial charge in [0.25, 0.3) is 0 Å². The molecule has 0 unspecified atom stereocenters. The summed E-state index contributed by atoms with van der Waals surface area (Å²) >= 11 is 1.84. The Bertz CT molecular complexity index is 2170. The van der Waals surface area contributed by atoms with Crippen LogP contribution >= 0.6 is 22.6 Å². The van der Waals surface area contributed by atoms with Crippen LogP contribution in [-0.2, 0) is 52.6 Å². The fourth-order valence-corrected chi connectivity index (χ4v) is 11.7. The molecule has 0 amide bonds. The first kappa shape index (κ1) is 59.5. The molecule has 410 valence electrons. The first-order valence-electron chi connectivity index (χ1n) is 26.1. The molecule has 3 aliphatic rings. The summed E-state index contributed by atoms with van der Waals surface area (Å²) in [5.74, 6) is -2.78. The number of aromatic nitrogens is 4. The molecule has 0 saturated carbocycles. The standard InChI is InChI=1S/C54H85IN6O12/c1-32-27-52(7,66)48(34(3)45(71-43-28-53(8,68-12)47(64)37(6)70-43)35(4)49(65)73-51(55)54(9,67)46(63)36(5)60(11)30-32)72-50-44(62)42(26-33(2)69-50)59(10)25-22-41-31-61(58-57-41)24-14-13-16-38-18-20-39(21-19-38)40-17-15-23-56-29-40/h15,17-21,23,29,31-37,42-48,50-51,62-64,66-67H,13-14,16,22,24-28,30H2,1-12H3/t32-,33-,34+,35-,36-,37+,42+,43+,44-,45+,46-,47+,48-,50+,51+,52-,53-,54+/m1/s1. The van der Waals surface area contributed by atoms with Crippen LogP contribution in [0.4, 0.5) is 0 Å². The zero-order valence-electron chi connectivity index (χ0n) is 45.1. The summed E-state index contributed by atoms with van der Waals surface area (Å²) < 4.78 is 38.8. The molecule has 0 bridgehead atoms. The van der Waals surface area contributed by atoms with Crippen LogP contribution in [0.5, 0.6) is 0 Å². The largest absolute Gasteiger partial charge is 0.448 e. The quantitative estimate of drug-likeness (QED) is 0.0573. The number of aliphatic hydroxyl groups is 5. The number of nitrogens with zero attached hydrogens (tertiary/aromatic N) is 6. The third-order valence-corrected chi connectivity index (χ3v) is 17.4. The van der Waals surface area contributed by atoms with E-state index in [2.05, 4.69) is 50.5 Å². The third kappa shape index (κ3) is 14.8. The lowest BCUT2D eigenvalue weighted by Gasteiger charge is -2.49. The van der Waals surface area contributed by atoms with E-state index in [0.717, 1.165) is 42.6 Å². The molecule has 3 fully saturated rings. The predicted octanol–water partition coefficient (Wildman–Crippen LogP) is 5.17. The Kier molecular flexibility index (Phi) is 20.8. The van der Waals surface area contributed by atoms with Gasteiger partial charge in [0.15, 0.2) is 16.7 Å². The lowest BCUT2D eigenvalue weighted by Crippen LogP contribution is -2.60. The van der Waals surface area contributed by atoms with Gasteiger partial charge >= 0.3 is 5.97 Å². The van der Waals surface area contributed by atoms with Gasteiger partial charge in [0.1, 0.15) is 23.9 Å². The van der Waals surface area contributed by atoms with E-state index < -0.39 is 100 Å². The lowest BCUT2D eigenvalue weighted by molar-refractivity contribution is -0.318. The van der Waals surface area contributed by atoms with Crippen molar-refractivity contribution < 1.29 is 58.7 Å². The maximum atomic E-state index is 14.3. The van der Waals surface area contributed by atoms with Gasteiger partial charge in [0, 0.05) is 76.2 Å². The van der Waals surface area contributed by atoms with Crippen LogP contribution in [0.25, 0.3) is 11.1 Å². The second-order valence-electron chi connectivity index (χ2n) is 22.2. The molecule has 0 radical (unpaired) electrons. The monoisotopic (exact) mass is 1140 g/mol. The number of ether oxygens (including phenoxy) is 6. The van der Waals surface area contributed by atoms with Crippen molar-refractivity contribution in [2.75, 3.05) is 34.3 Å². The highest BCUT2D eigenvalue weighted by Crippen LogP contribution is 2.40. The zero-order chi connectivity index (χ0) is 53.6. The van der Waals surface area contributed by atoms with Crippen LogP contribution in [0, 0.1) is 17.8 Å². The molecule has 3 aliphatic heterocycles. The van der Waals surface area contributed by atoms with Crippen LogP contribution in [-0.4, -0.2) is 184 Å². The Balaban J connectivity index is 1.17. The number of likely N-dealkylation sites (N-methyl/N-ethyl adjacent to an activating group) is 2. The number of alkyl halides is 1. The minimum atomic E-state index is -1.85. The number of hydrogen-bond acceptors (Lipinski definition) is 17. The van der Waals surface area contributed by atoms with E-state index in [9.17, 15) is 30.3 Å². The van der Waals surface area contributed by atoms with Gasteiger partial charge in [0.05, 0.1) is 47.2 Å². The SMILES string of the molecule is CO[C@]1(C)C[C@H](O[C@H]2[C@H](C)[C@@H](O[C@@H]3O[C@H](C)C[C@H](N(C)CCc4cn(CCCCc5ccc(-c6cccnc6)cc5)nn4)[C@H]3O)[C@](C)(O)C[C@@H](C)CN(C)[C@H](C)[C@@H](O)[C@](C)(O)[C@@H](I)OC(=O)[C@@H]2C)O[C@@H](C)[C@@H]1O. The third-order valence-electron chi connectivity index (χ3n) is 15.9. The number of carbonyl (C=O) groups excluding carboxylic acids is 1. The average molecular weight is 1140 g/mol. The van der Waals surface area contributed by atoms with Gasteiger partial charge in [-0.2, -0.15) is 0 Å². The van der Waals surface area contributed by atoms with Crippen molar-refractivity contribution in [2.45, 2.75) is 202 Å². The van der Waals surface area contributed by atoms with Gasteiger partial charge in [-0.15, -0.1) is 5.10 Å². The van der Waals surface area contributed by atoms with E-state index in [1.54, 1.807) is 40.8 Å². The summed E-state index contributed by atoms with van der Waals surface area (Å²) in [5, 5.41) is 68.2. The highest BCUT2D eigenvalue weighted by Gasteiger charge is 2.53. The van der Waals surface area contributed by atoms with Gasteiger partial charge in [-0.25, -0.2) is 0 Å². The van der Waals surface area contributed by atoms with Gasteiger partial charge < -0.3 is 63.8 Å². The fraction of sp³-hybridized carbons (Fsp3) is 0.741. The number of aliphatic hydroxyl groups excluding tert-OH is 3. The maximum Gasteiger partial charge on any atom is 0.312 e. The first-order valence-corrected chi connectivity index (χ1v) is 27.4. The summed E-state index contributed by atoms with van der Waals surface area (Å²) in [6, 6.07) is 11.7. The van der Waals surface area contributed by atoms with Gasteiger partial charge in [-0.1, -0.05) is 49.4 Å². The van der Waals surface area contributed by atoms with Crippen molar-refractivity contribution in [3.05, 3.63) is 66.2 Å². The highest BCUT2D eigenvalue weighted by atomic mass is 127. The summed E-state index contributed by atoms with van der Waals surface area (Å²) in [6.45, 7) is 17.5. The number of carbonyl (C=O) groups is 1. The molecule has 5 heterocycles. The number of benzene rings is 1. The van der Waals surface area contributed by atoms with Gasteiger partial charge in [0.2, 0.25) is 0 Å². The van der Waals surface area contributed by atoms with Crippen LogP contribution in [0.1, 0.15) is 106 Å². The summed E-state index contributed by atoms with van der Waals surface area (Å²) in [5.41, 5.74) is -0.141. The molecule has 3 saturated heterocycles. The number of methoxy groups -OCH3 is 1. The van der Waals surface area contributed by atoms with E-state index in [4.69, 9.17) is 28.4 Å². The van der Waals surface area contributed by atoms with E-state index in [1.165, 1.54) is 19.6 Å². The molecule has 6 rings (SSSR count). The minimum absolute atomic E-state index is 0.107. The summed E-state index contributed by atoms with van der Waals surface area (Å²) in [7, 11) is 5.30. The molecular weight excluding hydrogens is 1050 g/mol. The van der Waals surface area contributed by atoms with Crippen LogP contribution in [0.3, 0.4) is 0 Å². The Labute approximate surface area is 446 Å². The molecule has 73 heavy (non-hydrogen) atoms. The van der Waals surface area contributed by atoms with Crippen molar-refractivity contribution in [1.29, 1.82) is 0 Å². The minimum Gasteiger partial charge on any atom is -0.448 e. The Morgan fingerprint density at radius 1 is 0.918 bits per heavy atom. The first-order chi connectivity index (χ1) is 34.3. The van der Waals surface area contributed by atoms with Crippen molar-refractivity contribution in [3.8, 4) is 11.1 Å². The smallest absolute Gasteiger partial charge is 0.312 e. The lowest BCUT2D eigenvalue weighted by atomic mass is 9.77. The number of esters is 1. The van der Waals surface area contributed by atoms with E-state index in [-0.39, 0.29) is 24.9 Å². The van der Waals surface area contributed by atoms with Gasteiger partial charge in [-0.05, 0) is 146 Å². The van der Waals surface area contributed by atoms with Crippen molar-refractivity contribution in [1.82, 2.24) is 29.8 Å². The molecule has 19 heteroatoms.